The molecule has 21 heavy (non-hydrogen) atoms. The van der Waals surface area contributed by atoms with Crippen molar-refractivity contribution in [1.82, 2.24) is 5.32 Å². The minimum absolute atomic E-state index is 0.0362. The highest BCUT2D eigenvalue weighted by Gasteiger charge is 2.13. The predicted molar refractivity (Wildman–Crippen MR) is 85.9 cm³/mol. The number of carbonyl (C=O) groups excluding carboxylic acids is 1. The van der Waals surface area contributed by atoms with Crippen LogP contribution in [0.1, 0.15) is 20.3 Å². The van der Waals surface area contributed by atoms with Crippen molar-refractivity contribution in [3.05, 3.63) is 24.3 Å². The van der Waals surface area contributed by atoms with Crippen LogP contribution in [0.4, 0.5) is 11.4 Å². The molecule has 2 rings (SSSR count). The maximum Gasteiger partial charge on any atom is 0.242 e. The number of rotatable bonds is 6. The van der Waals surface area contributed by atoms with Gasteiger partial charge in [0.15, 0.2) is 0 Å². The molecule has 5 nitrogen and oxygen atoms in total. The highest BCUT2D eigenvalue weighted by atomic mass is 16.5. The molecule has 1 aromatic carbocycles. The van der Waals surface area contributed by atoms with Crippen molar-refractivity contribution in [2.45, 2.75) is 26.3 Å². The molecule has 1 unspecified atom stereocenters. The normalized spacial score (nSPS) is 16.4. The van der Waals surface area contributed by atoms with Crippen molar-refractivity contribution in [1.29, 1.82) is 0 Å². The van der Waals surface area contributed by atoms with Gasteiger partial charge >= 0.3 is 0 Å². The lowest BCUT2D eigenvalue weighted by atomic mass is 10.2. The Kier molecular flexibility index (Phi) is 5.87. The standard InChI is InChI=1S/C16H25N3O2/c1-3-8-17-16(20)13(2)18-14-4-6-15(7-5-14)19-9-11-21-12-10-19/h4-7,13,18H,3,8-12H2,1-2H3,(H,17,20). The molecule has 1 aliphatic heterocycles. The van der Waals surface area contributed by atoms with Gasteiger partial charge in [-0.2, -0.15) is 0 Å². The summed E-state index contributed by atoms with van der Waals surface area (Å²) in [6.45, 7) is 8.08. The van der Waals surface area contributed by atoms with Crippen LogP contribution in [-0.2, 0) is 9.53 Å². The van der Waals surface area contributed by atoms with Gasteiger partial charge in [0.25, 0.3) is 0 Å². The lowest BCUT2D eigenvalue weighted by molar-refractivity contribution is -0.121. The lowest BCUT2D eigenvalue weighted by Crippen LogP contribution is -2.38. The van der Waals surface area contributed by atoms with E-state index < -0.39 is 0 Å². The molecule has 0 spiro atoms. The molecular formula is C16H25N3O2. The van der Waals surface area contributed by atoms with Crippen LogP contribution < -0.4 is 15.5 Å². The molecule has 0 aliphatic carbocycles. The quantitative estimate of drug-likeness (QED) is 0.840. The van der Waals surface area contributed by atoms with Crippen LogP contribution in [0.3, 0.4) is 0 Å². The fourth-order valence-electron chi connectivity index (χ4n) is 2.31. The number of benzene rings is 1. The molecule has 0 aromatic heterocycles. The first-order chi connectivity index (χ1) is 10.2. The van der Waals surface area contributed by atoms with Gasteiger partial charge in [-0.15, -0.1) is 0 Å². The molecule has 0 bridgehead atoms. The summed E-state index contributed by atoms with van der Waals surface area (Å²) in [6, 6.07) is 7.99. The number of ether oxygens (including phenoxy) is 1. The van der Waals surface area contributed by atoms with Gasteiger partial charge in [-0.25, -0.2) is 0 Å². The van der Waals surface area contributed by atoms with Crippen LogP contribution in [0.5, 0.6) is 0 Å². The average Bonchev–Trinajstić information content (AvgIpc) is 2.54. The Bertz CT molecular complexity index is 441. The number of amides is 1. The largest absolute Gasteiger partial charge is 0.378 e. The molecule has 1 amide bonds. The Morgan fingerprint density at radius 3 is 2.57 bits per heavy atom. The molecule has 1 aliphatic rings. The van der Waals surface area contributed by atoms with Crippen LogP contribution in [-0.4, -0.2) is 44.8 Å². The molecule has 1 aromatic rings. The van der Waals surface area contributed by atoms with E-state index in [4.69, 9.17) is 4.74 Å². The predicted octanol–water partition coefficient (Wildman–Crippen LogP) is 1.85. The van der Waals surface area contributed by atoms with Crippen LogP contribution in [0.2, 0.25) is 0 Å². The molecule has 0 radical (unpaired) electrons. The van der Waals surface area contributed by atoms with Crippen LogP contribution in [0.15, 0.2) is 24.3 Å². The van der Waals surface area contributed by atoms with Gasteiger partial charge in [-0.05, 0) is 37.6 Å². The monoisotopic (exact) mass is 291 g/mol. The first-order valence-corrected chi connectivity index (χ1v) is 7.67. The summed E-state index contributed by atoms with van der Waals surface area (Å²) in [5.74, 6) is 0.0362. The third-order valence-electron chi connectivity index (χ3n) is 3.57. The van der Waals surface area contributed by atoms with E-state index in [0.717, 1.165) is 45.0 Å². The fraction of sp³-hybridized carbons (Fsp3) is 0.562. The first-order valence-electron chi connectivity index (χ1n) is 7.67. The zero-order valence-corrected chi connectivity index (χ0v) is 12.9. The van der Waals surface area contributed by atoms with Gasteiger partial charge in [-0.3, -0.25) is 4.79 Å². The highest BCUT2D eigenvalue weighted by Crippen LogP contribution is 2.19. The van der Waals surface area contributed by atoms with Gasteiger partial charge < -0.3 is 20.3 Å². The van der Waals surface area contributed by atoms with Crippen LogP contribution in [0.25, 0.3) is 0 Å². The first kappa shape index (κ1) is 15.6. The number of carbonyl (C=O) groups is 1. The molecule has 1 heterocycles. The van der Waals surface area contributed by atoms with E-state index in [-0.39, 0.29) is 11.9 Å². The summed E-state index contributed by atoms with van der Waals surface area (Å²) in [4.78, 5) is 14.1. The van der Waals surface area contributed by atoms with E-state index in [1.54, 1.807) is 0 Å². The van der Waals surface area contributed by atoms with E-state index in [0.29, 0.717) is 0 Å². The number of nitrogens with one attached hydrogen (secondary N) is 2. The van der Waals surface area contributed by atoms with Gasteiger partial charge in [0.2, 0.25) is 5.91 Å². The fourth-order valence-corrected chi connectivity index (χ4v) is 2.31. The van der Waals surface area contributed by atoms with Gasteiger partial charge in [0, 0.05) is 31.0 Å². The highest BCUT2D eigenvalue weighted by molar-refractivity contribution is 5.84. The zero-order chi connectivity index (χ0) is 15.1. The summed E-state index contributed by atoms with van der Waals surface area (Å²) >= 11 is 0. The van der Waals surface area contributed by atoms with Crippen molar-refractivity contribution < 1.29 is 9.53 Å². The van der Waals surface area contributed by atoms with E-state index >= 15 is 0 Å². The maximum absolute atomic E-state index is 11.8. The molecule has 5 heteroatoms. The maximum atomic E-state index is 11.8. The molecule has 2 N–H and O–H groups in total. The van der Waals surface area contributed by atoms with Crippen molar-refractivity contribution >= 4 is 17.3 Å². The Hall–Kier alpha value is -1.75. The van der Waals surface area contributed by atoms with E-state index in [2.05, 4.69) is 27.7 Å². The molecule has 1 fully saturated rings. The van der Waals surface area contributed by atoms with Crippen molar-refractivity contribution in [2.75, 3.05) is 43.1 Å². The second kappa shape index (κ2) is 7.88. The summed E-state index contributed by atoms with van der Waals surface area (Å²) in [6.07, 6.45) is 0.951. The number of hydrogen-bond acceptors (Lipinski definition) is 4. The number of anilines is 2. The summed E-state index contributed by atoms with van der Waals surface area (Å²) in [7, 11) is 0. The zero-order valence-electron chi connectivity index (χ0n) is 12.9. The SMILES string of the molecule is CCCNC(=O)C(C)Nc1ccc(N2CCOCC2)cc1. The Morgan fingerprint density at radius 1 is 1.29 bits per heavy atom. The van der Waals surface area contributed by atoms with Gasteiger partial charge in [0.05, 0.1) is 13.2 Å². The second-order valence-corrected chi connectivity index (χ2v) is 5.30. The summed E-state index contributed by atoms with van der Waals surface area (Å²) < 4.78 is 5.36. The molecule has 1 saturated heterocycles. The van der Waals surface area contributed by atoms with Crippen LogP contribution in [0, 0.1) is 0 Å². The topological polar surface area (TPSA) is 53.6 Å². The van der Waals surface area contributed by atoms with Crippen molar-refractivity contribution in [3.63, 3.8) is 0 Å². The Balaban J connectivity index is 1.88. The molecule has 1 atom stereocenters. The summed E-state index contributed by atoms with van der Waals surface area (Å²) in [5.41, 5.74) is 2.16. The van der Waals surface area contributed by atoms with E-state index in [9.17, 15) is 4.79 Å². The number of hydrogen-bond donors (Lipinski definition) is 2. The Labute approximate surface area is 126 Å². The third kappa shape index (κ3) is 4.63. The summed E-state index contributed by atoms with van der Waals surface area (Å²) in [5, 5.41) is 6.12. The molecular weight excluding hydrogens is 266 g/mol. The van der Waals surface area contributed by atoms with Gasteiger partial charge in [0.1, 0.15) is 6.04 Å². The van der Waals surface area contributed by atoms with Crippen molar-refractivity contribution in [3.8, 4) is 0 Å². The minimum atomic E-state index is -0.231. The molecule has 116 valence electrons. The lowest BCUT2D eigenvalue weighted by Gasteiger charge is -2.29. The second-order valence-electron chi connectivity index (χ2n) is 5.30. The average molecular weight is 291 g/mol. The smallest absolute Gasteiger partial charge is 0.242 e. The van der Waals surface area contributed by atoms with Gasteiger partial charge in [-0.1, -0.05) is 6.92 Å². The van der Waals surface area contributed by atoms with E-state index in [1.165, 1.54) is 5.69 Å². The third-order valence-corrected chi connectivity index (χ3v) is 3.57. The van der Waals surface area contributed by atoms with Crippen molar-refractivity contribution in [2.24, 2.45) is 0 Å². The number of nitrogens with zero attached hydrogens (tertiary/aromatic N) is 1. The molecule has 0 saturated carbocycles. The van der Waals surface area contributed by atoms with Crippen LogP contribution >= 0.6 is 0 Å². The van der Waals surface area contributed by atoms with E-state index in [1.807, 2.05) is 26.0 Å². The number of morpholine rings is 1. The minimum Gasteiger partial charge on any atom is -0.378 e. The Morgan fingerprint density at radius 2 is 1.95 bits per heavy atom.